The van der Waals surface area contributed by atoms with Crippen LogP contribution >= 0.6 is 0 Å². The molecule has 16 heavy (non-hydrogen) atoms. The van der Waals surface area contributed by atoms with Gasteiger partial charge in [-0.05, 0) is 38.8 Å². The Kier molecular flexibility index (Phi) is 3.34. The molecule has 1 heterocycles. The van der Waals surface area contributed by atoms with Crippen molar-refractivity contribution in [1.29, 1.82) is 0 Å². The van der Waals surface area contributed by atoms with Crippen molar-refractivity contribution in [2.75, 3.05) is 13.1 Å². The summed E-state index contributed by atoms with van der Waals surface area (Å²) >= 11 is 0. The van der Waals surface area contributed by atoms with Gasteiger partial charge in [0.15, 0.2) is 0 Å². The van der Waals surface area contributed by atoms with Crippen LogP contribution in [0.5, 0.6) is 0 Å². The molecule has 1 aromatic carbocycles. The topological polar surface area (TPSA) is 3.24 Å². The molecule has 0 saturated carbocycles. The molecule has 1 unspecified atom stereocenters. The molecule has 1 atom stereocenters. The summed E-state index contributed by atoms with van der Waals surface area (Å²) in [5.41, 5.74) is 1.85. The van der Waals surface area contributed by atoms with Gasteiger partial charge in [-0.3, -0.25) is 0 Å². The lowest BCUT2D eigenvalue weighted by Crippen LogP contribution is -2.47. The van der Waals surface area contributed by atoms with Gasteiger partial charge in [-0.2, -0.15) is 0 Å². The third kappa shape index (κ3) is 2.30. The molecule has 0 bridgehead atoms. The predicted octanol–water partition coefficient (Wildman–Crippen LogP) is 3.45. The zero-order valence-corrected chi connectivity index (χ0v) is 10.7. The number of piperidine rings is 1. The molecule has 1 aliphatic rings. The van der Waals surface area contributed by atoms with Gasteiger partial charge in [0, 0.05) is 18.0 Å². The number of hydrogen-bond donors (Lipinski definition) is 0. The van der Waals surface area contributed by atoms with Crippen molar-refractivity contribution in [3.8, 4) is 0 Å². The lowest BCUT2D eigenvalue weighted by atomic mass is 9.75. The first-order valence-corrected chi connectivity index (χ1v) is 6.41. The lowest BCUT2D eigenvalue weighted by molar-refractivity contribution is 0.125. The van der Waals surface area contributed by atoms with E-state index in [1.807, 2.05) is 0 Å². The average molecular weight is 217 g/mol. The minimum absolute atomic E-state index is 0.351. The number of likely N-dealkylation sites (tertiary alicyclic amines) is 1. The van der Waals surface area contributed by atoms with E-state index in [4.69, 9.17) is 0 Å². The van der Waals surface area contributed by atoms with E-state index in [0.717, 1.165) is 0 Å². The average Bonchev–Trinajstić information content (AvgIpc) is 2.30. The van der Waals surface area contributed by atoms with Crippen LogP contribution in [-0.2, 0) is 5.41 Å². The number of rotatable bonds is 2. The molecule has 2 rings (SSSR count). The quantitative estimate of drug-likeness (QED) is 0.733. The monoisotopic (exact) mass is 217 g/mol. The molecule has 0 spiro atoms. The largest absolute Gasteiger partial charge is 0.300 e. The first kappa shape index (κ1) is 11.7. The summed E-state index contributed by atoms with van der Waals surface area (Å²) in [6.45, 7) is 9.49. The summed E-state index contributed by atoms with van der Waals surface area (Å²) in [5, 5.41) is 0. The Hall–Kier alpha value is -0.820. The summed E-state index contributed by atoms with van der Waals surface area (Å²) in [6, 6.07) is 11.7. The molecule has 0 N–H and O–H groups in total. The van der Waals surface area contributed by atoms with Crippen molar-refractivity contribution in [1.82, 2.24) is 4.90 Å². The van der Waals surface area contributed by atoms with Crippen LogP contribution in [0.4, 0.5) is 0 Å². The summed E-state index contributed by atoms with van der Waals surface area (Å²) < 4.78 is 0. The first-order valence-electron chi connectivity index (χ1n) is 6.41. The summed E-state index contributed by atoms with van der Waals surface area (Å²) in [6.07, 6.45) is 2.64. The maximum Gasteiger partial charge on any atom is 0.00787 e. The normalized spacial score (nSPS) is 27.2. The Morgan fingerprint density at radius 3 is 2.50 bits per heavy atom. The molecule has 0 radical (unpaired) electrons. The van der Waals surface area contributed by atoms with E-state index < -0.39 is 0 Å². The Morgan fingerprint density at radius 2 is 1.88 bits per heavy atom. The molecule has 1 fully saturated rings. The standard InChI is InChI=1S/C15H23N/c1-13(2)16-11-7-10-15(3,12-16)14-8-5-4-6-9-14/h4-6,8-9,13H,7,10-12H2,1-3H3. The Bertz CT molecular complexity index is 331. The first-order chi connectivity index (χ1) is 7.62. The zero-order chi connectivity index (χ0) is 11.6. The molecular formula is C15H23N. The van der Waals surface area contributed by atoms with Crippen LogP contribution in [0.1, 0.15) is 39.2 Å². The van der Waals surface area contributed by atoms with Crippen molar-refractivity contribution in [2.24, 2.45) is 0 Å². The molecule has 0 amide bonds. The van der Waals surface area contributed by atoms with Crippen LogP contribution in [0, 0.1) is 0 Å². The van der Waals surface area contributed by atoms with Gasteiger partial charge in [-0.1, -0.05) is 37.3 Å². The third-order valence-electron chi connectivity index (χ3n) is 3.93. The second-order valence-electron chi connectivity index (χ2n) is 5.59. The fraction of sp³-hybridized carbons (Fsp3) is 0.600. The zero-order valence-electron chi connectivity index (χ0n) is 10.7. The van der Waals surface area contributed by atoms with Gasteiger partial charge in [0.1, 0.15) is 0 Å². The number of hydrogen-bond acceptors (Lipinski definition) is 1. The highest BCUT2D eigenvalue weighted by atomic mass is 15.2. The minimum Gasteiger partial charge on any atom is -0.300 e. The van der Waals surface area contributed by atoms with Gasteiger partial charge in [0.2, 0.25) is 0 Å². The fourth-order valence-corrected chi connectivity index (χ4v) is 2.80. The molecule has 1 nitrogen and oxygen atoms in total. The molecule has 0 aliphatic carbocycles. The van der Waals surface area contributed by atoms with E-state index in [-0.39, 0.29) is 0 Å². The van der Waals surface area contributed by atoms with Crippen molar-refractivity contribution in [3.05, 3.63) is 35.9 Å². The maximum atomic E-state index is 2.61. The van der Waals surface area contributed by atoms with Gasteiger partial charge >= 0.3 is 0 Å². The minimum atomic E-state index is 0.351. The van der Waals surface area contributed by atoms with Gasteiger partial charge in [0.05, 0.1) is 0 Å². The lowest BCUT2D eigenvalue weighted by Gasteiger charge is -2.42. The van der Waals surface area contributed by atoms with Gasteiger partial charge in [-0.25, -0.2) is 0 Å². The van der Waals surface area contributed by atoms with E-state index in [2.05, 4.69) is 56.0 Å². The summed E-state index contributed by atoms with van der Waals surface area (Å²) in [4.78, 5) is 2.61. The Balaban J connectivity index is 2.19. The van der Waals surface area contributed by atoms with Crippen LogP contribution in [-0.4, -0.2) is 24.0 Å². The molecule has 1 heteroatoms. The fourth-order valence-electron chi connectivity index (χ4n) is 2.80. The maximum absolute atomic E-state index is 2.61. The Morgan fingerprint density at radius 1 is 1.19 bits per heavy atom. The van der Waals surface area contributed by atoms with Crippen molar-refractivity contribution in [2.45, 2.75) is 45.1 Å². The Labute approximate surface area is 99.5 Å². The van der Waals surface area contributed by atoms with Crippen LogP contribution in [0.2, 0.25) is 0 Å². The number of benzene rings is 1. The highest BCUT2D eigenvalue weighted by Gasteiger charge is 2.33. The molecule has 88 valence electrons. The summed E-state index contributed by atoms with van der Waals surface area (Å²) in [5.74, 6) is 0. The molecule has 0 aromatic heterocycles. The highest BCUT2D eigenvalue weighted by molar-refractivity contribution is 5.25. The van der Waals surface area contributed by atoms with Crippen LogP contribution < -0.4 is 0 Å². The van der Waals surface area contributed by atoms with Crippen LogP contribution in [0.15, 0.2) is 30.3 Å². The van der Waals surface area contributed by atoms with E-state index in [0.29, 0.717) is 11.5 Å². The SMILES string of the molecule is CC(C)N1CCCC(C)(c2ccccc2)C1. The van der Waals surface area contributed by atoms with Gasteiger partial charge < -0.3 is 4.90 Å². The molecule has 1 aliphatic heterocycles. The van der Waals surface area contributed by atoms with Crippen molar-refractivity contribution < 1.29 is 0 Å². The number of nitrogens with zero attached hydrogens (tertiary/aromatic N) is 1. The van der Waals surface area contributed by atoms with Crippen molar-refractivity contribution in [3.63, 3.8) is 0 Å². The smallest absolute Gasteiger partial charge is 0.00787 e. The van der Waals surface area contributed by atoms with Gasteiger partial charge in [-0.15, -0.1) is 0 Å². The van der Waals surface area contributed by atoms with E-state index >= 15 is 0 Å². The highest BCUT2D eigenvalue weighted by Crippen LogP contribution is 2.34. The molecular weight excluding hydrogens is 194 g/mol. The van der Waals surface area contributed by atoms with E-state index in [9.17, 15) is 0 Å². The van der Waals surface area contributed by atoms with Crippen LogP contribution in [0.3, 0.4) is 0 Å². The van der Waals surface area contributed by atoms with E-state index in [1.165, 1.54) is 31.5 Å². The molecule has 1 aromatic rings. The predicted molar refractivity (Wildman–Crippen MR) is 69.7 cm³/mol. The third-order valence-corrected chi connectivity index (χ3v) is 3.93. The molecule has 1 saturated heterocycles. The van der Waals surface area contributed by atoms with Crippen LogP contribution in [0.25, 0.3) is 0 Å². The second-order valence-corrected chi connectivity index (χ2v) is 5.59. The van der Waals surface area contributed by atoms with Gasteiger partial charge in [0.25, 0.3) is 0 Å². The summed E-state index contributed by atoms with van der Waals surface area (Å²) in [7, 11) is 0. The second kappa shape index (κ2) is 4.58. The van der Waals surface area contributed by atoms with E-state index in [1.54, 1.807) is 0 Å². The van der Waals surface area contributed by atoms with Crippen molar-refractivity contribution >= 4 is 0 Å².